The molecular formula is C25H37N5Na4O10. The van der Waals surface area contributed by atoms with E-state index in [0.29, 0.717) is 0 Å². The summed E-state index contributed by atoms with van der Waals surface area (Å²) in [5.41, 5.74) is 0. The molecule has 0 atom stereocenters. The summed E-state index contributed by atoms with van der Waals surface area (Å²) in [5, 5.41) is 48.0. The standard InChI is InChI=1S/C25H41N5O10.4Na/c1-2-11-28(12-3-20(31)26-9-18-29(14-5-22(33)34)15-6-23(35)36)13-4-21(32)27-10-19-30(16-7-24(37)38)17-8-25(39)40;;;;/h1H,3-19H2,(H,26,31)(H,27,32)(H,33,34)(H,35,36)(H,37,38)(H,39,40);;;;/q;4*+1/p-4. The smallest absolute Gasteiger partial charge is 0.550 e. The van der Waals surface area contributed by atoms with Gasteiger partial charge in [0.1, 0.15) is 0 Å². The first-order valence-corrected chi connectivity index (χ1v) is 12.9. The largest absolute Gasteiger partial charge is 1.00 e. The maximum absolute atomic E-state index is 12.2. The van der Waals surface area contributed by atoms with Gasteiger partial charge in [0.15, 0.2) is 0 Å². The van der Waals surface area contributed by atoms with Crippen molar-refractivity contribution in [1.82, 2.24) is 25.3 Å². The van der Waals surface area contributed by atoms with Crippen molar-refractivity contribution in [2.75, 3.05) is 72.0 Å². The fraction of sp³-hybridized carbons (Fsp3) is 0.680. The van der Waals surface area contributed by atoms with Crippen LogP contribution in [0.25, 0.3) is 0 Å². The monoisotopic (exact) mass is 659 g/mol. The molecule has 0 fully saturated rings. The zero-order chi connectivity index (χ0) is 30.3. The summed E-state index contributed by atoms with van der Waals surface area (Å²) in [6.07, 6.45) is 4.42. The molecule has 2 amide bonds. The van der Waals surface area contributed by atoms with E-state index < -0.39 is 23.9 Å². The van der Waals surface area contributed by atoms with E-state index in [2.05, 4.69) is 16.6 Å². The normalized spacial score (nSPS) is 9.86. The Kier molecular flexibility index (Phi) is 42.2. The van der Waals surface area contributed by atoms with Crippen molar-refractivity contribution in [3.8, 4) is 12.3 Å². The van der Waals surface area contributed by atoms with Gasteiger partial charge in [0, 0.05) is 102 Å². The van der Waals surface area contributed by atoms with Gasteiger partial charge in [-0.2, -0.15) is 0 Å². The minimum absolute atomic E-state index is 0. The molecule has 0 aliphatic rings. The number of carbonyl (C=O) groups excluding carboxylic acids is 6. The van der Waals surface area contributed by atoms with E-state index in [0.717, 1.165) is 0 Å². The molecule has 0 aromatic rings. The molecule has 0 saturated heterocycles. The molecule has 0 heterocycles. The molecule has 19 heteroatoms. The second-order valence-electron chi connectivity index (χ2n) is 8.85. The van der Waals surface area contributed by atoms with Crippen LogP contribution in [0, 0.1) is 12.3 Å². The maximum Gasteiger partial charge on any atom is 1.00 e. The fourth-order valence-electron chi connectivity index (χ4n) is 3.47. The first-order valence-electron chi connectivity index (χ1n) is 12.9. The molecule has 226 valence electrons. The second kappa shape index (κ2) is 34.6. The quantitative estimate of drug-likeness (QED) is 0.0686. The van der Waals surface area contributed by atoms with Gasteiger partial charge in [-0.15, -0.1) is 6.42 Å². The Hall–Kier alpha value is 0.260. The van der Waals surface area contributed by atoms with Gasteiger partial charge in [-0.1, -0.05) is 5.92 Å². The Morgan fingerprint density at radius 3 is 1.00 bits per heavy atom. The molecule has 0 spiro atoms. The van der Waals surface area contributed by atoms with E-state index in [1.165, 1.54) is 0 Å². The van der Waals surface area contributed by atoms with Gasteiger partial charge in [-0.3, -0.25) is 14.5 Å². The van der Waals surface area contributed by atoms with Crippen LogP contribution in [-0.4, -0.2) is 122 Å². The SMILES string of the molecule is C#CCN(CCC(=O)NCCN(CCC(=O)[O-])CCC(=O)[O-])CCC(=O)NCCN(CCC(=O)[O-])CCC(=O)[O-].[Na+].[Na+].[Na+].[Na+]. The number of nitrogens with one attached hydrogen (secondary N) is 2. The summed E-state index contributed by atoms with van der Waals surface area (Å²) in [6, 6.07) is 0. The van der Waals surface area contributed by atoms with Crippen LogP contribution >= 0.6 is 0 Å². The Bertz CT molecular complexity index is 798. The molecule has 0 aliphatic heterocycles. The number of hydrogen-bond acceptors (Lipinski definition) is 13. The molecule has 15 nitrogen and oxygen atoms in total. The predicted molar refractivity (Wildman–Crippen MR) is 132 cm³/mol. The molecule has 0 aliphatic carbocycles. The van der Waals surface area contributed by atoms with Gasteiger partial charge in [-0.25, -0.2) is 0 Å². The summed E-state index contributed by atoms with van der Waals surface area (Å²) in [5.74, 6) is -3.23. The zero-order valence-electron chi connectivity index (χ0n) is 26.5. The number of rotatable bonds is 25. The van der Waals surface area contributed by atoms with Crippen molar-refractivity contribution in [2.45, 2.75) is 38.5 Å². The van der Waals surface area contributed by atoms with Gasteiger partial charge in [0.2, 0.25) is 11.8 Å². The van der Waals surface area contributed by atoms with Gasteiger partial charge in [0.05, 0.1) is 6.54 Å². The third kappa shape index (κ3) is 35.1. The molecule has 0 radical (unpaired) electrons. The van der Waals surface area contributed by atoms with Crippen LogP contribution in [0.2, 0.25) is 0 Å². The Morgan fingerprint density at radius 2 is 0.750 bits per heavy atom. The van der Waals surface area contributed by atoms with Crippen molar-refractivity contribution >= 4 is 35.7 Å². The van der Waals surface area contributed by atoms with Gasteiger partial charge in [0.25, 0.3) is 0 Å². The zero-order valence-corrected chi connectivity index (χ0v) is 34.5. The van der Waals surface area contributed by atoms with Crippen molar-refractivity contribution in [1.29, 1.82) is 0 Å². The van der Waals surface area contributed by atoms with Gasteiger partial charge < -0.3 is 60.0 Å². The van der Waals surface area contributed by atoms with Crippen LogP contribution in [0.4, 0.5) is 0 Å². The van der Waals surface area contributed by atoms with E-state index in [-0.39, 0.29) is 241 Å². The molecule has 0 aromatic heterocycles. The third-order valence-electron chi connectivity index (χ3n) is 5.65. The average Bonchev–Trinajstić information content (AvgIpc) is 2.87. The third-order valence-corrected chi connectivity index (χ3v) is 5.65. The Morgan fingerprint density at radius 1 is 0.477 bits per heavy atom. The predicted octanol–water partition coefficient (Wildman–Crippen LogP) is -18.9. The number of aliphatic carboxylic acids is 4. The van der Waals surface area contributed by atoms with Crippen LogP contribution in [0.15, 0.2) is 0 Å². The number of carbonyl (C=O) groups is 6. The van der Waals surface area contributed by atoms with E-state index in [1.807, 2.05) is 0 Å². The van der Waals surface area contributed by atoms with Gasteiger partial charge in [-0.05, 0) is 25.7 Å². The van der Waals surface area contributed by atoms with Crippen LogP contribution in [0.3, 0.4) is 0 Å². The summed E-state index contributed by atoms with van der Waals surface area (Å²) >= 11 is 0. The number of terminal acetylenes is 1. The molecule has 2 N–H and O–H groups in total. The topological polar surface area (TPSA) is 228 Å². The second-order valence-corrected chi connectivity index (χ2v) is 8.85. The minimum Gasteiger partial charge on any atom is -0.550 e. The van der Waals surface area contributed by atoms with Crippen molar-refractivity contribution in [3.05, 3.63) is 0 Å². The van der Waals surface area contributed by atoms with Crippen LogP contribution in [0.5, 0.6) is 0 Å². The summed E-state index contributed by atoms with van der Waals surface area (Å²) in [7, 11) is 0. The summed E-state index contributed by atoms with van der Waals surface area (Å²) < 4.78 is 0. The van der Waals surface area contributed by atoms with E-state index in [4.69, 9.17) is 6.42 Å². The first-order chi connectivity index (χ1) is 18.9. The Balaban J connectivity index is -0.00000127. The minimum atomic E-state index is -1.27. The van der Waals surface area contributed by atoms with Crippen LogP contribution in [0.1, 0.15) is 38.5 Å². The maximum atomic E-state index is 12.2. The molecule has 0 saturated carbocycles. The molecule has 0 rings (SSSR count). The number of hydrogen-bond donors (Lipinski definition) is 2. The van der Waals surface area contributed by atoms with E-state index in [1.54, 1.807) is 14.7 Å². The number of carboxylic acids is 4. The van der Waals surface area contributed by atoms with Crippen LogP contribution in [-0.2, 0) is 28.8 Å². The van der Waals surface area contributed by atoms with Crippen molar-refractivity contribution in [3.63, 3.8) is 0 Å². The van der Waals surface area contributed by atoms with Crippen LogP contribution < -0.4 is 149 Å². The molecule has 44 heavy (non-hydrogen) atoms. The molecule has 0 unspecified atom stereocenters. The fourth-order valence-corrected chi connectivity index (χ4v) is 3.47. The van der Waals surface area contributed by atoms with E-state index in [9.17, 15) is 49.2 Å². The molecular weight excluding hydrogens is 622 g/mol. The summed E-state index contributed by atoms with van der Waals surface area (Å²) in [4.78, 5) is 72.0. The van der Waals surface area contributed by atoms with Crippen molar-refractivity contribution in [2.24, 2.45) is 0 Å². The average molecular weight is 660 g/mol. The number of amides is 2. The van der Waals surface area contributed by atoms with Crippen molar-refractivity contribution < 1.29 is 167 Å². The Labute approximate surface area is 347 Å². The number of nitrogens with zero attached hydrogens (tertiary/aromatic N) is 3. The number of carboxylic acid groups (broad SMARTS) is 4. The summed E-state index contributed by atoms with van der Waals surface area (Å²) in [6.45, 7) is 1.81. The van der Waals surface area contributed by atoms with E-state index >= 15 is 0 Å². The molecule has 0 aromatic carbocycles. The molecule has 0 bridgehead atoms. The first kappa shape index (κ1) is 53.7. The van der Waals surface area contributed by atoms with Gasteiger partial charge >= 0.3 is 118 Å².